The van der Waals surface area contributed by atoms with Crippen LogP contribution in [0.3, 0.4) is 0 Å². The van der Waals surface area contributed by atoms with Crippen molar-refractivity contribution in [2.75, 3.05) is 26.8 Å². The number of benzene rings is 3. The predicted molar refractivity (Wildman–Crippen MR) is 166 cm³/mol. The molecule has 0 bridgehead atoms. The van der Waals surface area contributed by atoms with Gasteiger partial charge in [-0.05, 0) is 78.1 Å². The van der Waals surface area contributed by atoms with Crippen molar-refractivity contribution in [1.82, 2.24) is 0 Å². The SMILES string of the molecule is C=C(CO)C(=O)OCOc1ccc(-c2ccc(-c3ccc(CCCCC(F)(F)F)cc3)cc2CC)cc1OCOC(=O)C(C)CO. The Bertz CT molecular complexity index is 1470. The first-order valence-electron chi connectivity index (χ1n) is 14.9. The first-order chi connectivity index (χ1) is 21.9. The van der Waals surface area contributed by atoms with Crippen molar-refractivity contribution in [3.63, 3.8) is 0 Å². The molecule has 1 unspecified atom stereocenters. The van der Waals surface area contributed by atoms with Crippen molar-refractivity contribution >= 4 is 11.9 Å². The first kappa shape index (κ1) is 36.1. The number of esters is 2. The van der Waals surface area contributed by atoms with Gasteiger partial charge in [0.15, 0.2) is 11.5 Å². The zero-order chi connectivity index (χ0) is 33.7. The second-order valence-electron chi connectivity index (χ2n) is 10.7. The number of aliphatic hydroxyl groups is 2. The lowest BCUT2D eigenvalue weighted by atomic mass is 9.93. The Hall–Kier alpha value is -4.35. The molecule has 0 aliphatic carbocycles. The highest BCUT2D eigenvalue weighted by Gasteiger charge is 2.25. The lowest BCUT2D eigenvalue weighted by molar-refractivity contribution is -0.156. The van der Waals surface area contributed by atoms with E-state index in [0.717, 1.165) is 33.4 Å². The maximum atomic E-state index is 12.4. The third-order valence-electron chi connectivity index (χ3n) is 7.18. The number of carbonyl (C=O) groups is 2. The average Bonchev–Trinajstić information content (AvgIpc) is 3.05. The summed E-state index contributed by atoms with van der Waals surface area (Å²) in [6.07, 6.45) is -3.03. The van der Waals surface area contributed by atoms with Crippen molar-refractivity contribution in [2.45, 2.75) is 52.1 Å². The zero-order valence-corrected chi connectivity index (χ0v) is 25.9. The molecule has 0 aliphatic heterocycles. The Balaban J connectivity index is 1.79. The molecule has 3 aromatic carbocycles. The Morgan fingerprint density at radius 3 is 2.15 bits per heavy atom. The number of rotatable bonds is 17. The van der Waals surface area contributed by atoms with Crippen LogP contribution >= 0.6 is 0 Å². The molecule has 11 heteroatoms. The van der Waals surface area contributed by atoms with E-state index in [4.69, 9.17) is 24.1 Å². The van der Waals surface area contributed by atoms with Crippen LogP contribution in [0.1, 0.15) is 44.2 Å². The van der Waals surface area contributed by atoms with Crippen molar-refractivity contribution in [3.8, 4) is 33.8 Å². The predicted octanol–water partition coefficient (Wildman–Crippen LogP) is 6.79. The number of unbranched alkanes of at least 4 members (excludes halogenated alkanes) is 1. The van der Waals surface area contributed by atoms with Crippen LogP contribution in [0.2, 0.25) is 0 Å². The van der Waals surface area contributed by atoms with E-state index in [1.807, 2.05) is 43.3 Å². The minimum absolute atomic E-state index is 0.106. The Kier molecular flexibility index (Phi) is 13.6. The summed E-state index contributed by atoms with van der Waals surface area (Å²) in [7, 11) is 0. The lowest BCUT2D eigenvalue weighted by Gasteiger charge is -2.17. The van der Waals surface area contributed by atoms with E-state index in [1.165, 1.54) is 6.92 Å². The van der Waals surface area contributed by atoms with Crippen molar-refractivity contribution < 1.29 is 51.9 Å². The van der Waals surface area contributed by atoms with E-state index < -0.39 is 50.6 Å². The summed E-state index contributed by atoms with van der Waals surface area (Å²) < 4.78 is 58.6. The van der Waals surface area contributed by atoms with Crippen LogP contribution in [0.25, 0.3) is 22.3 Å². The largest absolute Gasteiger partial charge is 0.453 e. The Morgan fingerprint density at radius 2 is 1.50 bits per heavy atom. The molecule has 2 N–H and O–H groups in total. The standard InChI is InChI=1S/C35H39F3O8/c1-4-26-17-28(27-10-8-25(9-11-27)7-5-6-16-35(36,37)38)12-14-30(26)29-13-15-31(43-21-45-33(41)23(2)19-39)32(18-29)44-22-46-34(42)24(3)20-40/h8-15,17-18,24,39-40H,2,4-7,16,19-22H2,1,3H3. The highest BCUT2D eigenvalue weighted by Crippen LogP contribution is 2.36. The topological polar surface area (TPSA) is 112 Å². The summed E-state index contributed by atoms with van der Waals surface area (Å²) >= 11 is 0. The number of ether oxygens (including phenoxy) is 4. The number of hydrogen-bond acceptors (Lipinski definition) is 8. The monoisotopic (exact) mass is 644 g/mol. The minimum atomic E-state index is -4.13. The van der Waals surface area contributed by atoms with Gasteiger partial charge in [0.1, 0.15) is 0 Å². The minimum Gasteiger partial charge on any atom is -0.453 e. The fraction of sp³-hybridized carbons (Fsp3) is 0.371. The quantitative estimate of drug-likeness (QED) is 0.0715. The number of alkyl halides is 3. The fourth-order valence-corrected chi connectivity index (χ4v) is 4.45. The zero-order valence-electron chi connectivity index (χ0n) is 25.9. The molecule has 0 radical (unpaired) electrons. The van der Waals surface area contributed by atoms with Crippen LogP contribution in [-0.2, 0) is 31.9 Å². The second-order valence-corrected chi connectivity index (χ2v) is 10.7. The summed E-state index contributed by atoms with van der Waals surface area (Å²) in [6, 6.07) is 19.0. The number of aryl methyl sites for hydroxylation is 2. The first-order valence-corrected chi connectivity index (χ1v) is 14.9. The third kappa shape index (κ3) is 10.9. The van der Waals surface area contributed by atoms with Gasteiger partial charge in [-0.2, -0.15) is 13.2 Å². The molecule has 3 aromatic rings. The second kappa shape index (κ2) is 17.4. The molecule has 0 aromatic heterocycles. The summed E-state index contributed by atoms with van der Waals surface area (Å²) in [6.45, 7) is 5.06. The molecule has 8 nitrogen and oxygen atoms in total. The van der Waals surface area contributed by atoms with Gasteiger partial charge in [-0.3, -0.25) is 4.79 Å². The summed E-state index contributed by atoms with van der Waals surface area (Å²) in [5.41, 5.74) is 5.54. The molecule has 0 saturated heterocycles. The van der Waals surface area contributed by atoms with Gasteiger partial charge in [0.05, 0.1) is 24.7 Å². The summed E-state index contributed by atoms with van der Waals surface area (Å²) in [4.78, 5) is 23.8. The molecule has 0 aliphatic rings. The van der Waals surface area contributed by atoms with Crippen molar-refractivity contribution in [2.24, 2.45) is 5.92 Å². The normalized spacial score (nSPS) is 11.9. The van der Waals surface area contributed by atoms with E-state index in [-0.39, 0.29) is 30.1 Å². The maximum Gasteiger partial charge on any atom is 0.389 e. The molecule has 0 amide bonds. The molecule has 1 atom stereocenters. The third-order valence-corrected chi connectivity index (χ3v) is 7.18. The smallest absolute Gasteiger partial charge is 0.389 e. The van der Waals surface area contributed by atoms with Gasteiger partial charge in [0, 0.05) is 6.42 Å². The van der Waals surface area contributed by atoms with Crippen LogP contribution in [0.5, 0.6) is 11.5 Å². The molecule has 46 heavy (non-hydrogen) atoms. The van der Waals surface area contributed by atoms with Gasteiger partial charge in [0.2, 0.25) is 13.6 Å². The van der Waals surface area contributed by atoms with Crippen LogP contribution in [0, 0.1) is 5.92 Å². The van der Waals surface area contributed by atoms with Crippen LogP contribution in [0.4, 0.5) is 13.2 Å². The molecule has 3 rings (SSSR count). The van der Waals surface area contributed by atoms with Crippen LogP contribution < -0.4 is 9.47 Å². The van der Waals surface area contributed by atoms with E-state index in [2.05, 4.69) is 12.6 Å². The highest BCUT2D eigenvalue weighted by molar-refractivity contribution is 5.87. The van der Waals surface area contributed by atoms with Gasteiger partial charge < -0.3 is 29.2 Å². The van der Waals surface area contributed by atoms with Gasteiger partial charge in [-0.15, -0.1) is 0 Å². The van der Waals surface area contributed by atoms with Gasteiger partial charge in [-0.1, -0.05) is 62.0 Å². The van der Waals surface area contributed by atoms with Gasteiger partial charge in [0.25, 0.3) is 0 Å². The number of carbonyl (C=O) groups excluding carboxylic acids is 2. The van der Waals surface area contributed by atoms with Crippen LogP contribution in [-0.4, -0.2) is 55.1 Å². The lowest BCUT2D eigenvalue weighted by Crippen LogP contribution is -2.20. The number of hydrogen-bond donors (Lipinski definition) is 2. The molecule has 0 heterocycles. The molecule has 0 fully saturated rings. The van der Waals surface area contributed by atoms with E-state index >= 15 is 0 Å². The van der Waals surface area contributed by atoms with Crippen molar-refractivity contribution in [1.29, 1.82) is 0 Å². The van der Waals surface area contributed by atoms with E-state index in [0.29, 0.717) is 19.3 Å². The Labute approximate surface area is 266 Å². The highest BCUT2D eigenvalue weighted by atomic mass is 19.4. The summed E-state index contributed by atoms with van der Waals surface area (Å²) in [5, 5.41) is 18.2. The van der Waals surface area contributed by atoms with Gasteiger partial charge >= 0.3 is 18.1 Å². The van der Waals surface area contributed by atoms with Crippen molar-refractivity contribution in [3.05, 3.63) is 83.9 Å². The van der Waals surface area contributed by atoms with E-state index in [9.17, 15) is 27.9 Å². The average molecular weight is 645 g/mol. The molecule has 0 saturated carbocycles. The van der Waals surface area contributed by atoms with Crippen LogP contribution in [0.15, 0.2) is 72.8 Å². The van der Waals surface area contributed by atoms with E-state index in [1.54, 1.807) is 18.2 Å². The summed E-state index contributed by atoms with van der Waals surface area (Å²) in [5.74, 6) is -1.79. The van der Waals surface area contributed by atoms with Gasteiger partial charge in [-0.25, -0.2) is 4.79 Å². The molecule has 248 valence electrons. The Morgan fingerprint density at radius 1 is 0.848 bits per heavy atom. The number of halogens is 3. The molecular formula is C35H39F3O8. The number of aliphatic hydroxyl groups excluding tert-OH is 2. The molecular weight excluding hydrogens is 605 g/mol. The maximum absolute atomic E-state index is 12.4. The fourth-order valence-electron chi connectivity index (χ4n) is 4.45. The molecule has 0 spiro atoms.